The fraction of sp³-hybridized carbons (Fsp3) is 0.389. The van der Waals surface area contributed by atoms with E-state index in [0.29, 0.717) is 6.04 Å². The number of fused-ring (bicyclic) bond motifs is 1. The molecule has 1 heterocycles. The molecule has 110 valence electrons. The number of pyridine rings is 1. The molecule has 3 rings (SSSR count). The summed E-state index contributed by atoms with van der Waals surface area (Å²) < 4.78 is 5.36. The lowest BCUT2D eigenvalue weighted by Crippen LogP contribution is -2.27. The van der Waals surface area contributed by atoms with Crippen LogP contribution in [-0.4, -0.2) is 18.6 Å². The highest BCUT2D eigenvalue weighted by Crippen LogP contribution is 2.32. The molecule has 1 aliphatic rings. The van der Waals surface area contributed by atoms with Crippen molar-refractivity contribution >= 4 is 0 Å². The van der Waals surface area contributed by atoms with Gasteiger partial charge in [0.25, 0.3) is 0 Å². The van der Waals surface area contributed by atoms with Gasteiger partial charge in [-0.25, -0.2) is 0 Å². The number of hydrogen-bond acceptors (Lipinski definition) is 3. The van der Waals surface area contributed by atoms with Crippen molar-refractivity contribution in [3.05, 3.63) is 59.4 Å². The summed E-state index contributed by atoms with van der Waals surface area (Å²) in [6.45, 7) is 0.957. The van der Waals surface area contributed by atoms with Gasteiger partial charge in [-0.3, -0.25) is 4.98 Å². The molecule has 1 aromatic heterocycles. The third kappa shape index (κ3) is 3.42. The first-order valence-corrected chi connectivity index (χ1v) is 7.67. The van der Waals surface area contributed by atoms with Crippen molar-refractivity contribution in [2.45, 2.75) is 31.7 Å². The highest BCUT2D eigenvalue weighted by Gasteiger charge is 2.20. The average Bonchev–Trinajstić information content (AvgIpc) is 2.55. The number of nitrogens with one attached hydrogen (secondary N) is 1. The van der Waals surface area contributed by atoms with E-state index >= 15 is 0 Å². The molecule has 2 aromatic rings. The summed E-state index contributed by atoms with van der Waals surface area (Å²) in [5.41, 5.74) is 4.01. The molecule has 0 spiro atoms. The maximum absolute atomic E-state index is 5.36. The molecule has 1 aliphatic carbocycles. The third-order valence-electron chi connectivity index (χ3n) is 4.17. The van der Waals surface area contributed by atoms with Crippen LogP contribution in [0.2, 0.25) is 0 Å². The van der Waals surface area contributed by atoms with Gasteiger partial charge in [0.2, 0.25) is 0 Å². The SMILES string of the molecule is COc1ccc2c(c1)C(NCCc1ccccn1)CCC2. The van der Waals surface area contributed by atoms with Crippen LogP contribution in [0.5, 0.6) is 5.75 Å². The summed E-state index contributed by atoms with van der Waals surface area (Å²) in [5.74, 6) is 0.951. The molecule has 1 unspecified atom stereocenters. The van der Waals surface area contributed by atoms with E-state index in [1.807, 2.05) is 18.3 Å². The van der Waals surface area contributed by atoms with Crippen LogP contribution in [-0.2, 0) is 12.8 Å². The largest absolute Gasteiger partial charge is 0.497 e. The first-order valence-electron chi connectivity index (χ1n) is 7.67. The second kappa shape index (κ2) is 6.72. The van der Waals surface area contributed by atoms with Crippen molar-refractivity contribution in [2.75, 3.05) is 13.7 Å². The van der Waals surface area contributed by atoms with E-state index < -0.39 is 0 Å². The zero-order chi connectivity index (χ0) is 14.5. The lowest BCUT2D eigenvalue weighted by atomic mass is 9.87. The van der Waals surface area contributed by atoms with Crippen LogP contribution >= 0.6 is 0 Å². The van der Waals surface area contributed by atoms with Gasteiger partial charge in [0.15, 0.2) is 0 Å². The van der Waals surface area contributed by atoms with Gasteiger partial charge in [-0.05, 0) is 54.7 Å². The molecule has 0 amide bonds. The third-order valence-corrected chi connectivity index (χ3v) is 4.17. The van der Waals surface area contributed by atoms with Gasteiger partial charge in [0.1, 0.15) is 5.75 Å². The topological polar surface area (TPSA) is 34.1 Å². The van der Waals surface area contributed by atoms with E-state index in [1.54, 1.807) is 7.11 Å². The minimum absolute atomic E-state index is 0.438. The predicted molar refractivity (Wildman–Crippen MR) is 84.6 cm³/mol. The van der Waals surface area contributed by atoms with E-state index in [9.17, 15) is 0 Å². The molecule has 3 heteroatoms. The summed E-state index contributed by atoms with van der Waals surface area (Å²) >= 11 is 0. The van der Waals surface area contributed by atoms with Crippen molar-refractivity contribution < 1.29 is 4.74 Å². The quantitative estimate of drug-likeness (QED) is 0.913. The molecule has 0 fully saturated rings. The first-order chi connectivity index (χ1) is 10.4. The van der Waals surface area contributed by atoms with Crippen molar-refractivity contribution in [3.63, 3.8) is 0 Å². The highest BCUT2D eigenvalue weighted by atomic mass is 16.5. The van der Waals surface area contributed by atoms with Crippen LogP contribution in [0.25, 0.3) is 0 Å². The molecule has 0 saturated heterocycles. The summed E-state index contributed by atoms with van der Waals surface area (Å²) in [5, 5.41) is 3.68. The number of hydrogen-bond donors (Lipinski definition) is 1. The zero-order valence-corrected chi connectivity index (χ0v) is 12.5. The second-order valence-electron chi connectivity index (χ2n) is 5.53. The number of methoxy groups -OCH3 is 1. The predicted octanol–water partition coefficient (Wildman–Crippen LogP) is 3.30. The standard InChI is InChI=1S/C18H22N2O/c1-21-16-9-8-14-5-4-7-18(17(14)13-16)20-12-10-15-6-2-3-11-19-15/h2-3,6,8-9,11,13,18,20H,4-5,7,10,12H2,1H3. The number of benzene rings is 1. The Balaban J connectivity index is 1.64. The van der Waals surface area contributed by atoms with Gasteiger partial charge in [-0.1, -0.05) is 12.1 Å². The monoisotopic (exact) mass is 282 g/mol. The molecule has 1 N–H and O–H groups in total. The molecule has 3 nitrogen and oxygen atoms in total. The fourth-order valence-electron chi connectivity index (χ4n) is 3.04. The van der Waals surface area contributed by atoms with Gasteiger partial charge >= 0.3 is 0 Å². The van der Waals surface area contributed by atoms with Crippen LogP contribution in [0, 0.1) is 0 Å². The first kappa shape index (κ1) is 14.1. The summed E-state index contributed by atoms with van der Waals surface area (Å²) in [7, 11) is 1.73. The van der Waals surface area contributed by atoms with Crippen molar-refractivity contribution in [3.8, 4) is 5.75 Å². The maximum atomic E-state index is 5.36. The Kier molecular flexibility index (Phi) is 4.51. The molecule has 1 atom stereocenters. The van der Waals surface area contributed by atoms with Gasteiger partial charge in [0.05, 0.1) is 7.11 Å². The molecule has 0 saturated carbocycles. The zero-order valence-electron chi connectivity index (χ0n) is 12.5. The van der Waals surface area contributed by atoms with Crippen molar-refractivity contribution in [1.29, 1.82) is 0 Å². The Bertz CT molecular complexity index is 583. The van der Waals surface area contributed by atoms with Crippen molar-refractivity contribution in [1.82, 2.24) is 10.3 Å². The Morgan fingerprint density at radius 1 is 1.29 bits per heavy atom. The number of nitrogens with zero attached hydrogens (tertiary/aromatic N) is 1. The summed E-state index contributed by atoms with van der Waals surface area (Å²) in [4.78, 5) is 4.37. The second-order valence-corrected chi connectivity index (χ2v) is 5.53. The normalized spacial score (nSPS) is 17.3. The number of aryl methyl sites for hydroxylation is 1. The minimum Gasteiger partial charge on any atom is -0.497 e. The summed E-state index contributed by atoms with van der Waals surface area (Å²) in [6.07, 6.45) is 6.45. The Labute approximate surface area is 126 Å². The van der Waals surface area contributed by atoms with Crippen LogP contribution in [0.1, 0.15) is 35.7 Å². The van der Waals surface area contributed by atoms with E-state index in [1.165, 1.54) is 30.4 Å². The molecule has 0 radical (unpaired) electrons. The Morgan fingerprint density at radius 3 is 3.05 bits per heavy atom. The van der Waals surface area contributed by atoms with E-state index in [4.69, 9.17) is 4.74 Å². The molecular weight excluding hydrogens is 260 g/mol. The van der Waals surface area contributed by atoms with Crippen LogP contribution < -0.4 is 10.1 Å². The van der Waals surface area contributed by atoms with Gasteiger partial charge in [0, 0.05) is 30.9 Å². The molecule has 21 heavy (non-hydrogen) atoms. The van der Waals surface area contributed by atoms with Gasteiger partial charge < -0.3 is 10.1 Å². The Hall–Kier alpha value is -1.87. The number of aromatic nitrogens is 1. The van der Waals surface area contributed by atoms with Crippen LogP contribution in [0.15, 0.2) is 42.6 Å². The summed E-state index contributed by atoms with van der Waals surface area (Å²) in [6, 6.07) is 13.0. The van der Waals surface area contributed by atoms with Crippen LogP contribution in [0.4, 0.5) is 0 Å². The number of ether oxygens (including phenoxy) is 1. The average molecular weight is 282 g/mol. The maximum Gasteiger partial charge on any atom is 0.119 e. The van der Waals surface area contributed by atoms with Gasteiger partial charge in [-0.2, -0.15) is 0 Å². The minimum atomic E-state index is 0.438. The van der Waals surface area contributed by atoms with E-state index in [-0.39, 0.29) is 0 Å². The molecule has 0 aliphatic heterocycles. The smallest absolute Gasteiger partial charge is 0.119 e. The van der Waals surface area contributed by atoms with Gasteiger partial charge in [-0.15, -0.1) is 0 Å². The molecule has 0 bridgehead atoms. The molecular formula is C18H22N2O. The van der Waals surface area contributed by atoms with E-state index in [2.05, 4.69) is 34.6 Å². The number of rotatable bonds is 5. The Morgan fingerprint density at radius 2 is 2.24 bits per heavy atom. The highest BCUT2D eigenvalue weighted by molar-refractivity contribution is 5.39. The van der Waals surface area contributed by atoms with Crippen molar-refractivity contribution in [2.24, 2.45) is 0 Å². The van der Waals surface area contributed by atoms with Crippen LogP contribution in [0.3, 0.4) is 0 Å². The lowest BCUT2D eigenvalue weighted by Gasteiger charge is -2.27. The lowest BCUT2D eigenvalue weighted by molar-refractivity contribution is 0.409. The fourth-order valence-corrected chi connectivity index (χ4v) is 3.04. The van der Waals surface area contributed by atoms with E-state index in [0.717, 1.165) is 24.4 Å². The molecule has 1 aromatic carbocycles.